The van der Waals surface area contributed by atoms with Crippen LogP contribution in [0.5, 0.6) is 0 Å². The zero-order valence-corrected chi connectivity index (χ0v) is 21.1. The second-order valence-corrected chi connectivity index (χ2v) is 15.3. The Labute approximate surface area is 172 Å². The second-order valence-electron chi connectivity index (χ2n) is 7.15. The molecule has 0 bridgehead atoms. The number of thiazole rings is 1. The van der Waals surface area contributed by atoms with Crippen LogP contribution in [0.25, 0.3) is 4.83 Å². The molecule has 2 aromatic heterocycles. The van der Waals surface area contributed by atoms with Gasteiger partial charge < -0.3 is 0 Å². The second kappa shape index (κ2) is 10.6. The van der Waals surface area contributed by atoms with Crippen LogP contribution in [0.1, 0.15) is 84.4 Å². The van der Waals surface area contributed by atoms with Gasteiger partial charge in [-0.1, -0.05) is 0 Å². The average molecular weight is 485 g/mol. The zero-order chi connectivity index (χ0) is 18.3. The summed E-state index contributed by atoms with van der Waals surface area (Å²) in [7, 11) is 0. The number of thioether (sulfide) groups is 1. The van der Waals surface area contributed by atoms with Crippen molar-refractivity contribution in [3.8, 4) is 0 Å². The maximum absolute atomic E-state index is 4.71. The number of unbranched alkanes of at least 4 members (excludes halogenated alkanes) is 3. The molecule has 25 heavy (non-hydrogen) atoms. The number of imidazole rings is 1. The van der Waals surface area contributed by atoms with Gasteiger partial charge in [0, 0.05) is 0 Å². The van der Waals surface area contributed by atoms with Crippen LogP contribution in [-0.4, -0.2) is 36.8 Å². The van der Waals surface area contributed by atoms with E-state index in [1.165, 1.54) is 67.6 Å². The maximum atomic E-state index is 4.71. The minimum atomic E-state index is -0.617. The van der Waals surface area contributed by atoms with Crippen molar-refractivity contribution in [3.63, 3.8) is 0 Å². The molecule has 0 spiro atoms. The van der Waals surface area contributed by atoms with Crippen molar-refractivity contribution >= 4 is 52.0 Å². The quantitative estimate of drug-likeness (QED) is 0.253. The standard InChI is InChI=1S/C13H27.C7H7N2S2.Sn/c1-4-7-10-13(11-8-5-2)12-9-6-3;1-5-8-6(10-2)7-9(5)3-4-11-7;/h4-12H2,1-3H3;3H,1-2H3;. The zero-order valence-electron chi connectivity index (χ0n) is 16.7. The predicted octanol–water partition coefficient (Wildman–Crippen LogP) is 6.48. The molecule has 0 saturated heterocycles. The molecule has 2 heterocycles. The van der Waals surface area contributed by atoms with Crippen molar-refractivity contribution in [1.82, 2.24) is 9.38 Å². The average Bonchev–Trinajstić information content (AvgIpc) is 3.15. The summed E-state index contributed by atoms with van der Waals surface area (Å²) < 4.78 is 4.76. The molecular weight excluding hydrogens is 451 g/mol. The Morgan fingerprint density at radius 1 is 1.08 bits per heavy atom. The molecule has 2 radical (unpaired) electrons. The van der Waals surface area contributed by atoms with Crippen LogP contribution in [0.2, 0.25) is 3.43 Å². The van der Waals surface area contributed by atoms with E-state index in [0.717, 1.165) is 5.82 Å². The topological polar surface area (TPSA) is 17.3 Å². The van der Waals surface area contributed by atoms with Crippen LogP contribution < -0.4 is 2.89 Å². The van der Waals surface area contributed by atoms with Crippen LogP contribution >= 0.6 is 23.1 Å². The van der Waals surface area contributed by atoms with Crippen LogP contribution in [0, 0.1) is 6.92 Å². The Morgan fingerprint density at radius 2 is 1.64 bits per heavy atom. The molecule has 2 aromatic rings. The SMILES string of the molecule is CCCC[C](CCCC)(CCCC)[Sn][c]1cn2c(C)nc(SC)c2s1. The van der Waals surface area contributed by atoms with Gasteiger partial charge in [-0.2, -0.15) is 0 Å². The number of nitrogens with zero attached hydrogens (tertiary/aromatic N) is 2. The number of rotatable bonds is 12. The third-order valence-corrected chi connectivity index (χ3v) is 13.1. The fraction of sp³-hybridized carbons (Fsp3) is 0.750. The van der Waals surface area contributed by atoms with Gasteiger partial charge in [0.25, 0.3) is 0 Å². The monoisotopic (exact) mass is 486 g/mol. The first-order valence-electron chi connectivity index (χ1n) is 9.89. The molecule has 0 amide bonds. The number of fused-ring (bicyclic) bond motifs is 1. The summed E-state index contributed by atoms with van der Waals surface area (Å²) in [5.74, 6) is 1.16. The van der Waals surface area contributed by atoms with E-state index < -0.39 is 21.1 Å². The van der Waals surface area contributed by atoms with E-state index in [9.17, 15) is 0 Å². The van der Waals surface area contributed by atoms with Crippen molar-refractivity contribution < 1.29 is 0 Å². The van der Waals surface area contributed by atoms with Crippen LogP contribution in [-0.2, 0) is 0 Å². The van der Waals surface area contributed by atoms with Crippen LogP contribution in [0.15, 0.2) is 11.2 Å². The molecule has 140 valence electrons. The summed E-state index contributed by atoms with van der Waals surface area (Å²) in [6, 6.07) is 0. The molecule has 0 aromatic carbocycles. The fourth-order valence-electron chi connectivity index (χ4n) is 3.55. The van der Waals surface area contributed by atoms with E-state index in [1.54, 1.807) is 14.7 Å². The van der Waals surface area contributed by atoms with Gasteiger partial charge in [0.2, 0.25) is 0 Å². The molecule has 2 rings (SSSR count). The van der Waals surface area contributed by atoms with Crippen molar-refractivity contribution in [1.29, 1.82) is 0 Å². The van der Waals surface area contributed by atoms with E-state index in [2.05, 4.69) is 55.9 Å². The van der Waals surface area contributed by atoms with Crippen molar-refractivity contribution in [2.75, 3.05) is 6.26 Å². The van der Waals surface area contributed by atoms with Crippen molar-refractivity contribution in [2.45, 2.75) is 93.9 Å². The van der Waals surface area contributed by atoms with Gasteiger partial charge in [-0.15, -0.1) is 0 Å². The first-order valence-corrected chi connectivity index (χ1v) is 14.8. The molecule has 0 N–H and O–H groups in total. The Kier molecular flexibility index (Phi) is 9.17. The molecule has 0 atom stereocenters. The van der Waals surface area contributed by atoms with E-state index in [1.807, 2.05) is 0 Å². The van der Waals surface area contributed by atoms with Gasteiger partial charge in [0.15, 0.2) is 0 Å². The Balaban J connectivity index is 2.29. The first kappa shape index (κ1) is 21.6. The van der Waals surface area contributed by atoms with Crippen molar-refractivity contribution in [3.05, 3.63) is 12.0 Å². The molecule has 5 heteroatoms. The molecule has 0 aliphatic rings. The van der Waals surface area contributed by atoms with E-state index in [0.29, 0.717) is 3.43 Å². The summed E-state index contributed by atoms with van der Waals surface area (Å²) in [6.45, 7) is 9.20. The number of hydrogen-bond acceptors (Lipinski definition) is 3. The predicted molar refractivity (Wildman–Crippen MR) is 116 cm³/mol. The van der Waals surface area contributed by atoms with Gasteiger partial charge in [-0.05, 0) is 0 Å². The van der Waals surface area contributed by atoms with Gasteiger partial charge in [-0.3, -0.25) is 0 Å². The Bertz CT molecular complexity index is 626. The number of hydrogen-bond donors (Lipinski definition) is 0. The van der Waals surface area contributed by atoms with Gasteiger partial charge >= 0.3 is 174 Å². The summed E-state index contributed by atoms with van der Waals surface area (Å²) in [5.41, 5.74) is 0. The Hall–Kier alpha value is 0.319. The van der Waals surface area contributed by atoms with Gasteiger partial charge in [0.05, 0.1) is 0 Å². The van der Waals surface area contributed by atoms with E-state index in [-0.39, 0.29) is 0 Å². The van der Waals surface area contributed by atoms with E-state index >= 15 is 0 Å². The van der Waals surface area contributed by atoms with Crippen LogP contribution in [0.4, 0.5) is 0 Å². The third-order valence-electron chi connectivity index (χ3n) is 5.08. The van der Waals surface area contributed by atoms with E-state index in [4.69, 9.17) is 4.98 Å². The first-order chi connectivity index (χ1) is 12.1. The molecule has 0 aliphatic carbocycles. The Morgan fingerprint density at radius 3 is 2.12 bits per heavy atom. The number of aryl methyl sites for hydroxylation is 1. The normalized spacial score (nSPS) is 12.4. The molecule has 0 unspecified atom stereocenters. The summed E-state index contributed by atoms with van der Waals surface area (Å²) in [4.78, 5) is 6.10. The molecule has 0 aliphatic heterocycles. The molecular formula is C20H34N2S2Sn. The van der Waals surface area contributed by atoms with Crippen LogP contribution in [0.3, 0.4) is 0 Å². The van der Waals surface area contributed by atoms with Gasteiger partial charge in [-0.25, -0.2) is 0 Å². The van der Waals surface area contributed by atoms with Gasteiger partial charge in [0.1, 0.15) is 0 Å². The molecule has 2 nitrogen and oxygen atoms in total. The third kappa shape index (κ3) is 5.65. The summed E-state index contributed by atoms with van der Waals surface area (Å²) >= 11 is 3.22. The summed E-state index contributed by atoms with van der Waals surface area (Å²) in [6.07, 6.45) is 17.3. The number of aromatic nitrogens is 2. The van der Waals surface area contributed by atoms with Crippen molar-refractivity contribution in [2.24, 2.45) is 0 Å². The summed E-state index contributed by atoms with van der Waals surface area (Å²) in [5, 5.41) is 1.22. The fourth-order valence-corrected chi connectivity index (χ4v) is 12.6. The molecule has 0 fully saturated rings. The molecule has 0 saturated carbocycles. The minimum absolute atomic E-state index is 0.617.